The minimum absolute atomic E-state index is 0.0207. The zero-order valence-electron chi connectivity index (χ0n) is 26.0. The van der Waals surface area contributed by atoms with E-state index in [4.69, 9.17) is 9.52 Å². The Balaban J connectivity index is 1.37. The van der Waals surface area contributed by atoms with Crippen LogP contribution in [0.5, 0.6) is 0 Å². The van der Waals surface area contributed by atoms with Crippen LogP contribution in [0.1, 0.15) is 56.9 Å². The molecule has 0 atom stereocenters. The van der Waals surface area contributed by atoms with Crippen molar-refractivity contribution in [3.63, 3.8) is 0 Å². The standard InChI is InChI=1S/C34H43N3O5SSi/c1-34(2,3)44(28-13-7-5-8-14-28,29-15-9-6-10-16-29)42-24-23-37-32(30-17-11-12-18-31(30)36-37)33(38)35-27-21-19-26(20-22-27)25-43(39,40)41-4/h5-18,26-27H,19-25H2,1-4H3,(H,35,38)/t26-,27-. The van der Waals surface area contributed by atoms with Crippen LogP contribution >= 0.6 is 0 Å². The normalized spacial score (nSPS) is 17.9. The Morgan fingerprint density at radius 3 is 2.05 bits per heavy atom. The first-order chi connectivity index (χ1) is 21.0. The highest BCUT2D eigenvalue weighted by atomic mass is 32.2. The molecule has 0 bridgehead atoms. The smallest absolute Gasteiger partial charge is 0.270 e. The van der Waals surface area contributed by atoms with E-state index >= 15 is 0 Å². The molecule has 1 amide bonds. The zero-order chi connectivity index (χ0) is 31.4. The molecule has 1 heterocycles. The Bertz CT molecular complexity index is 1620. The quantitative estimate of drug-likeness (QED) is 0.187. The monoisotopic (exact) mass is 633 g/mol. The van der Waals surface area contributed by atoms with Crippen molar-refractivity contribution in [2.75, 3.05) is 19.5 Å². The molecule has 234 valence electrons. The number of carbonyl (C=O) groups is 1. The van der Waals surface area contributed by atoms with E-state index in [1.807, 2.05) is 36.4 Å². The molecule has 0 saturated heterocycles. The van der Waals surface area contributed by atoms with Gasteiger partial charge in [-0.05, 0) is 53.1 Å². The van der Waals surface area contributed by atoms with E-state index in [1.165, 1.54) is 17.5 Å². The predicted octanol–water partition coefficient (Wildman–Crippen LogP) is 4.88. The van der Waals surface area contributed by atoms with Gasteiger partial charge in [-0.15, -0.1) is 0 Å². The molecule has 3 aromatic carbocycles. The van der Waals surface area contributed by atoms with Gasteiger partial charge in [0, 0.05) is 11.4 Å². The number of amides is 1. The number of hydrogen-bond acceptors (Lipinski definition) is 6. The minimum atomic E-state index is -3.50. The summed E-state index contributed by atoms with van der Waals surface area (Å²) in [5.74, 6) is -0.109. The van der Waals surface area contributed by atoms with Crippen LogP contribution in [0, 0.1) is 5.92 Å². The van der Waals surface area contributed by atoms with Gasteiger partial charge in [0.2, 0.25) is 0 Å². The van der Waals surface area contributed by atoms with Gasteiger partial charge in [0.1, 0.15) is 5.69 Å². The van der Waals surface area contributed by atoms with E-state index in [1.54, 1.807) is 4.68 Å². The number of nitrogens with zero attached hydrogens (tertiary/aromatic N) is 2. The Morgan fingerprint density at radius 1 is 0.909 bits per heavy atom. The summed E-state index contributed by atoms with van der Waals surface area (Å²) in [6, 6.07) is 28.7. The summed E-state index contributed by atoms with van der Waals surface area (Å²) in [7, 11) is -5.04. The SMILES string of the molecule is COS(=O)(=O)C[C@H]1CC[C@H](NC(=O)c2c3ccccc3nn2CCO[Si](c2ccccc2)(c2ccccc2)C(C)(C)C)CC1. The third kappa shape index (κ3) is 6.83. The summed E-state index contributed by atoms with van der Waals surface area (Å²) in [5, 5.41) is 11.1. The lowest BCUT2D eigenvalue weighted by Crippen LogP contribution is -2.66. The van der Waals surface area contributed by atoms with Crippen LogP contribution in [-0.4, -0.2) is 57.9 Å². The summed E-state index contributed by atoms with van der Waals surface area (Å²) in [6.45, 7) is 7.56. The molecule has 1 saturated carbocycles. The van der Waals surface area contributed by atoms with Crippen molar-refractivity contribution in [1.82, 2.24) is 15.1 Å². The molecule has 1 aliphatic carbocycles. The van der Waals surface area contributed by atoms with Gasteiger partial charge in [0.05, 0.1) is 31.5 Å². The summed E-state index contributed by atoms with van der Waals surface area (Å²) >= 11 is 0. The lowest BCUT2D eigenvalue weighted by atomic mass is 9.87. The van der Waals surface area contributed by atoms with Crippen LogP contribution in [0.2, 0.25) is 5.04 Å². The van der Waals surface area contributed by atoms with E-state index in [0.29, 0.717) is 18.8 Å². The zero-order valence-corrected chi connectivity index (χ0v) is 27.8. The Hall–Kier alpha value is -3.31. The molecule has 5 rings (SSSR count). The highest BCUT2D eigenvalue weighted by Crippen LogP contribution is 2.37. The van der Waals surface area contributed by atoms with Crippen molar-refractivity contribution in [1.29, 1.82) is 0 Å². The molecular weight excluding hydrogens is 591 g/mol. The fourth-order valence-corrected chi connectivity index (χ4v) is 12.2. The lowest BCUT2D eigenvalue weighted by Gasteiger charge is -2.43. The first kappa shape index (κ1) is 32.1. The number of benzene rings is 3. The molecule has 1 N–H and O–H groups in total. The fourth-order valence-electron chi connectivity index (χ4n) is 6.61. The van der Waals surface area contributed by atoms with Gasteiger partial charge < -0.3 is 9.74 Å². The van der Waals surface area contributed by atoms with Crippen LogP contribution < -0.4 is 15.7 Å². The molecule has 1 aliphatic rings. The van der Waals surface area contributed by atoms with Crippen molar-refractivity contribution >= 4 is 45.6 Å². The van der Waals surface area contributed by atoms with E-state index in [2.05, 4.69) is 78.8 Å². The highest BCUT2D eigenvalue weighted by Gasteiger charge is 2.50. The summed E-state index contributed by atoms with van der Waals surface area (Å²) < 4.78 is 37.3. The molecule has 10 heteroatoms. The summed E-state index contributed by atoms with van der Waals surface area (Å²) in [5.41, 5.74) is 1.28. The Morgan fingerprint density at radius 2 is 1.48 bits per heavy atom. The molecule has 1 aromatic heterocycles. The van der Waals surface area contributed by atoms with E-state index in [-0.39, 0.29) is 28.7 Å². The summed E-state index contributed by atoms with van der Waals surface area (Å²) in [6.07, 6.45) is 2.89. The molecular formula is C34H43N3O5SSi. The van der Waals surface area contributed by atoms with E-state index in [0.717, 1.165) is 36.6 Å². The van der Waals surface area contributed by atoms with Crippen molar-refractivity contribution in [3.05, 3.63) is 90.6 Å². The van der Waals surface area contributed by atoms with Crippen molar-refractivity contribution < 1.29 is 21.8 Å². The molecule has 4 aromatic rings. The van der Waals surface area contributed by atoms with Gasteiger partial charge in [0.25, 0.3) is 24.3 Å². The fraction of sp³-hybridized carbons (Fsp3) is 0.412. The van der Waals surface area contributed by atoms with Crippen molar-refractivity contribution in [2.45, 2.75) is 64.1 Å². The Kier molecular flexibility index (Phi) is 9.74. The second-order valence-corrected chi connectivity index (χ2v) is 18.8. The largest absolute Gasteiger partial charge is 0.406 e. The van der Waals surface area contributed by atoms with Gasteiger partial charge in [-0.1, -0.05) is 99.6 Å². The Labute approximate surface area is 262 Å². The van der Waals surface area contributed by atoms with Gasteiger partial charge in [0.15, 0.2) is 0 Å². The second kappa shape index (κ2) is 13.4. The number of carbonyl (C=O) groups excluding carboxylic acids is 1. The second-order valence-electron chi connectivity index (χ2n) is 12.7. The molecule has 0 spiro atoms. The van der Waals surface area contributed by atoms with Gasteiger partial charge in [-0.2, -0.15) is 13.5 Å². The van der Waals surface area contributed by atoms with Crippen LogP contribution in [0.15, 0.2) is 84.9 Å². The average molecular weight is 634 g/mol. The van der Waals surface area contributed by atoms with Crippen LogP contribution in [0.25, 0.3) is 10.9 Å². The third-order valence-electron chi connectivity index (χ3n) is 8.78. The van der Waals surface area contributed by atoms with Gasteiger partial charge in [-0.3, -0.25) is 13.7 Å². The predicted molar refractivity (Wildman–Crippen MR) is 177 cm³/mol. The van der Waals surface area contributed by atoms with Crippen LogP contribution in [0.3, 0.4) is 0 Å². The van der Waals surface area contributed by atoms with E-state index < -0.39 is 18.4 Å². The number of nitrogens with one attached hydrogen (secondary N) is 1. The number of rotatable bonds is 11. The van der Waals surface area contributed by atoms with Crippen LogP contribution in [0.4, 0.5) is 0 Å². The maximum absolute atomic E-state index is 13.8. The van der Waals surface area contributed by atoms with Crippen LogP contribution in [-0.2, 0) is 25.3 Å². The molecule has 1 fully saturated rings. The molecule has 8 nitrogen and oxygen atoms in total. The maximum atomic E-state index is 13.8. The first-order valence-electron chi connectivity index (χ1n) is 15.3. The molecule has 0 unspecified atom stereocenters. The number of aromatic nitrogens is 2. The first-order valence-corrected chi connectivity index (χ1v) is 18.8. The van der Waals surface area contributed by atoms with Crippen molar-refractivity contribution in [3.8, 4) is 0 Å². The topological polar surface area (TPSA) is 99.5 Å². The average Bonchev–Trinajstić information content (AvgIpc) is 3.39. The summed E-state index contributed by atoms with van der Waals surface area (Å²) in [4.78, 5) is 13.8. The molecule has 0 radical (unpaired) electrons. The third-order valence-corrected chi connectivity index (χ3v) is 15.2. The van der Waals surface area contributed by atoms with Gasteiger partial charge >= 0.3 is 0 Å². The molecule has 44 heavy (non-hydrogen) atoms. The van der Waals surface area contributed by atoms with Gasteiger partial charge in [-0.25, -0.2) is 0 Å². The number of hydrogen-bond donors (Lipinski definition) is 1. The van der Waals surface area contributed by atoms with E-state index in [9.17, 15) is 13.2 Å². The molecule has 0 aliphatic heterocycles. The maximum Gasteiger partial charge on any atom is 0.270 e. The van der Waals surface area contributed by atoms with Crippen molar-refractivity contribution in [2.24, 2.45) is 5.92 Å². The highest BCUT2D eigenvalue weighted by molar-refractivity contribution is 7.86. The number of fused-ring (bicyclic) bond motifs is 1. The minimum Gasteiger partial charge on any atom is -0.406 e. The lowest BCUT2D eigenvalue weighted by molar-refractivity contribution is 0.0912.